The van der Waals surface area contributed by atoms with E-state index in [1.54, 1.807) is 11.3 Å². The summed E-state index contributed by atoms with van der Waals surface area (Å²) < 4.78 is 4.66. The Morgan fingerprint density at radius 2 is 1.24 bits per heavy atom. The molecule has 3 nitrogen and oxygen atoms in total. The van der Waals surface area contributed by atoms with Crippen molar-refractivity contribution in [3.05, 3.63) is 175 Å². The Hall–Kier alpha value is -6.62. The van der Waals surface area contributed by atoms with E-state index in [1.165, 1.54) is 64.8 Å². The monoisotopic (exact) mass is 719 g/mol. The van der Waals surface area contributed by atoms with Crippen LogP contribution >= 0.6 is 11.3 Å². The number of para-hydroxylation sites is 1. The number of fused-ring (bicyclic) bond motifs is 12. The van der Waals surface area contributed by atoms with Gasteiger partial charge in [-0.3, -0.25) is 4.57 Å². The zero-order valence-corrected chi connectivity index (χ0v) is 31.2. The van der Waals surface area contributed by atoms with Gasteiger partial charge in [0.05, 0.1) is 26.9 Å². The molecule has 258 valence electrons. The molecule has 3 heterocycles. The van der Waals surface area contributed by atoms with Gasteiger partial charge in [0, 0.05) is 37.4 Å². The maximum atomic E-state index is 5.52. The number of thiophene rings is 1. The van der Waals surface area contributed by atoms with E-state index in [0.717, 1.165) is 43.5 Å². The molecule has 0 N–H and O–H groups in total. The van der Waals surface area contributed by atoms with Crippen molar-refractivity contribution in [1.29, 1.82) is 0 Å². The molecule has 0 spiro atoms. The van der Waals surface area contributed by atoms with E-state index in [4.69, 9.17) is 9.97 Å². The molecule has 0 saturated carbocycles. The molecule has 4 heteroatoms. The fraction of sp³-hybridized carbons (Fsp3) is 0.0588. The second-order valence-electron chi connectivity index (χ2n) is 15.4. The molecule has 0 aliphatic heterocycles. The Morgan fingerprint density at radius 3 is 2.09 bits per heavy atom. The fourth-order valence-corrected chi connectivity index (χ4v) is 10.5. The van der Waals surface area contributed by atoms with Crippen LogP contribution in [0.15, 0.2) is 164 Å². The average molecular weight is 720 g/mol. The number of aromatic nitrogens is 3. The molecule has 55 heavy (non-hydrogen) atoms. The molecule has 0 atom stereocenters. The smallest absolute Gasteiger partial charge is 0.235 e. The third-order valence-corrected chi connectivity index (χ3v) is 13.2. The second kappa shape index (κ2) is 11.2. The lowest BCUT2D eigenvalue weighted by Crippen LogP contribution is -2.15. The molecular weight excluding hydrogens is 687 g/mol. The van der Waals surface area contributed by atoms with Gasteiger partial charge in [-0.15, -0.1) is 11.3 Å². The third kappa shape index (κ3) is 4.31. The van der Waals surface area contributed by atoms with Gasteiger partial charge in [-0.1, -0.05) is 153 Å². The first-order chi connectivity index (χ1) is 27.0. The maximum Gasteiger partial charge on any atom is 0.235 e. The van der Waals surface area contributed by atoms with Crippen LogP contribution < -0.4 is 0 Å². The van der Waals surface area contributed by atoms with Crippen LogP contribution in [0.1, 0.15) is 25.0 Å². The quantitative estimate of drug-likeness (QED) is 0.182. The third-order valence-electron chi connectivity index (χ3n) is 12.0. The molecule has 0 unspecified atom stereocenters. The summed E-state index contributed by atoms with van der Waals surface area (Å²) in [6.45, 7) is 4.75. The molecule has 1 aliphatic carbocycles. The van der Waals surface area contributed by atoms with Gasteiger partial charge >= 0.3 is 0 Å². The molecule has 12 rings (SSSR count). The minimum atomic E-state index is -0.151. The van der Waals surface area contributed by atoms with Crippen molar-refractivity contribution in [2.24, 2.45) is 0 Å². The van der Waals surface area contributed by atoms with Crippen molar-refractivity contribution in [2.75, 3.05) is 0 Å². The van der Waals surface area contributed by atoms with Crippen LogP contribution in [0, 0.1) is 0 Å². The van der Waals surface area contributed by atoms with Gasteiger partial charge in [-0.25, -0.2) is 9.97 Å². The topological polar surface area (TPSA) is 30.7 Å². The Bertz CT molecular complexity index is 3400. The van der Waals surface area contributed by atoms with Crippen molar-refractivity contribution < 1.29 is 0 Å². The summed E-state index contributed by atoms with van der Waals surface area (Å²) in [7, 11) is 0. The fourth-order valence-electron chi connectivity index (χ4n) is 9.34. The highest BCUT2D eigenvalue weighted by Crippen LogP contribution is 2.53. The van der Waals surface area contributed by atoms with Crippen LogP contribution in [0.25, 0.3) is 103 Å². The summed E-state index contributed by atoms with van der Waals surface area (Å²) in [4.78, 5) is 11.0. The summed E-state index contributed by atoms with van der Waals surface area (Å²) >= 11 is 1.77. The summed E-state index contributed by atoms with van der Waals surface area (Å²) in [5, 5.41) is 8.53. The number of rotatable bonds is 3. The molecule has 0 radical (unpaired) electrons. The molecule has 0 bridgehead atoms. The van der Waals surface area contributed by atoms with Gasteiger partial charge in [0.1, 0.15) is 0 Å². The predicted octanol–water partition coefficient (Wildman–Crippen LogP) is 13.9. The van der Waals surface area contributed by atoms with Crippen molar-refractivity contribution in [2.45, 2.75) is 19.3 Å². The lowest BCUT2D eigenvalue weighted by Gasteiger charge is -2.22. The molecule has 8 aromatic carbocycles. The van der Waals surface area contributed by atoms with Crippen molar-refractivity contribution in [3.8, 4) is 39.5 Å². The Morgan fingerprint density at radius 1 is 0.509 bits per heavy atom. The second-order valence-corrected chi connectivity index (χ2v) is 16.4. The minimum absolute atomic E-state index is 0.151. The summed E-state index contributed by atoms with van der Waals surface area (Å²) in [6.07, 6.45) is 0. The van der Waals surface area contributed by atoms with Gasteiger partial charge in [-0.2, -0.15) is 0 Å². The lowest BCUT2D eigenvalue weighted by molar-refractivity contribution is 0.661. The zero-order valence-electron chi connectivity index (χ0n) is 30.3. The Balaban J connectivity index is 1.19. The molecular formula is C51H33N3S. The highest BCUT2D eigenvalue weighted by molar-refractivity contribution is 7.26. The lowest BCUT2D eigenvalue weighted by atomic mass is 9.81. The number of benzene rings is 8. The van der Waals surface area contributed by atoms with Gasteiger partial charge in [0.15, 0.2) is 0 Å². The van der Waals surface area contributed by atoms with Crippen molar-refractivity contribution >= 4 is 75.0 Å². The van der Waals surface area contributed by atoms with Gasteiger partial charge < -0.3 is 0 Å². The van der Waals surface area contributed by atoms with Gasteiger partial charge in [-0.05, 0) is 73.6 Å². The van der Waals surface area contributed by atoms with Crippen LogP contribution in [-0.2, 0) is 5.41 Å². The molecule has 11 aromatic rings. The van der Waals surface area contributed by atoms with Gasteiger partial charge in [0.2, 0.25) is 5.95 Å². The molecule has 1 aliphatic rings. The van der Waals surface area contributed by atoms with E-state index in [9.17, 15) is 0 Å². The van der Waals surface area contributed by atoms with E-state index in [2.05, 4.69) is 182 Å². The van der Waals surface area contributed by atoms with Crippen LogP contribution in [0.4, 0.5) is 0 Å². The highest BCUT2D eigenvalue weighted by atomic mass is 32.1. The Labute approximate surface area is 321 Å². The van der Waals surface area contributed by atoms with E-state index in [1.807, 2.05) is 0 Å². The number of nitrogens with zero attached hydrogens (tertiary/aromatic N) is 3. The first kappa shape index (κ1) is 30.8. The first-order valence-corrected chi connectivity index (χ1v) is 19.7. The standard InChI is InChI=1S/C51H33N3S/c1-51(2)41-26-24-30-13-8-9-18-35(30)45(41)38-25-23-34(28-42(38)51)36-20-12-21-37-40-27-32-16-6-7-17-33(32)29-43(40)54(48(36)37)50-52-46(31-14-4-3-5-15-31)49-47(53-50)39-19-10-11-22-44(39)55-49/h3-29H,1-2H3. The van der Waals surface area contributed by atoms with Crippen molar-refractivity contribution in [3.63, 3.8) is 0 Å². The average Bonchev–Trinajstić information content (AvgIpc) is 3.85. The SMILES string of the molecule is CC1(C)c2cc(-c3cccc4c5cc6ccccc6cc5n(-c5nc(-c6ccccc6)c6sc7ccccc7c6n5)c34)ccc2-c2c1ccc1ccccc21. The number of hydrogen-bond donors (Lipinski definition) is 0. The number of hydrogen-bond acceptors (Lipinski definition) is 3. The van der Waals surface area contributed by atoms with Crippen LogP contribution in [0.3, 0.4) is 0 Å². The molecule has 0 saturated heterocycles. The highest BCUT2D eigenvalue weighted by Gasteiger charge is 2.37. The molecule has 3 aromatic heterocycles. The maximum absolute atomic E-state index is 5.52. The first-order valence-electron chi connectivity index (χ1n) is 18.9. The minimum Gasteiger partial charge on any atom is -0.277 e. The zero-order chi connectivity index (χ0) is 36.4. The van der Waals surface area contributed by atoms with Crippen molar-refractivity contribution in [1.82, 2.24) is 14.5 Å². The summed E-state index contributed by atoms with van der Waals surface area (Å²) in [5.74, 6) is 0.679. The van der Waals surface area contributed by atoms with E-state index in [-0.39, 0.29) is 5.41 Å². The Kier molecular flexibility index (Phi) is 6.27. The normalized spacial score (nSPS) is 13.4. The van der Waals surface area contributed by atoms with E-state index < -0.39 is 0 Å². The van der Waals surface area contributed by atoms with Gasteiger partial charge in [0.25, 0.3) is 0 Å². The largest absolute Gasteiger partial charge is 0.277 e. The summed E-state index contributed by atoms with van der Waals surface area (Å²) in [5.41, 5.74) is 12.9. The van der Waals surface area contributed by atoms with E-state index in [0.29, 0.717) is 5.95 Å². The van der Waals surface area contributed by atoms with Crippen LogP contribution in [-0.4, -0.2) is 14.5 Å². The van der Waals surface area contributed by atoms with E-state index >= 15 is 0 Å². The van der Waals surface area contributed by atoms with Crippen LogP contribution in [0.5, 0.6) is 0 Å². The predicted molar refractivity (Wildman–Crippen MR) is 233 cm³/mol. The summed E-state index contributed by atoms with van der Waals surface area (Å²) in [6, 6.07) is 59.8. The van der Waals surface area contributed by atoms with Crippen LogP contribution in [0.2, 0.25) is 0 Å². The molecule has 0 amide bonds. The molecule has 0 fully saturated rings.